The van der Waals surface area contributed by atoms with Crippen LogP contribution in [0, 0.1) is 0 Å². The van der Waals surface area contributed by atoms with Crippen LogP contribution in [0.25, 0.3) is 0 Å². The van der Waals surface area contributed by atoms with E-state index in [0.717, 1.165) is 26.2 Å². The molecule has 2 aliphatic rings. The van der Waals surface area contributed by atoms with Crippen molar-refractivity contribution in [2.45, 2.75) is 43.8 Å². The van der Waals surface area contributed by atoms with Gasteiger partial charge < -0.3 is 21.5 Å². The Hall–Kier alpha value is -0.480. The smallest absolute Gasteiger partial charge is 0.321 e. The Kier molecular flexibility index (Phi) is 8.15. The fraction of sp³-hybridized carbons (Fsp3) is 0.867. The van der Waals surface area contributed by atoms with Crippen LogP contribution in [0.15, 0.2) is 0 Å². The van der Waals surface area contributed by atoms with E-state index < -0.39 is 18.1 Å². The zero-order valence-corrected chi connectivity index (χ0v) is 15.6. The minimum absolute atomic E-state index is 0.00305. The molecule has 9 heteroatoms. The van der Waals surface area contributed by atoms with Crippen LogP contribution in [0.1, 0.15) is 25.7 Å². The van der Waals surface area contributed by atoms with Crippen LogP contribution in [0.5, 0.6) is 0 Å². The fourth-order valence-corrected chi connectivity index (χ4v) is 5.42. The number of carbonyl (C=O) groups excluding carboxylic acids is 1. The molecule has 1 saturated heterocycles. The largest absolute Gasteiger partial charge is 0.480 e. The van der Waals surface area contributed by atoms with E-state index in [1.165, 1.54) is 47.3 Å². The average Bonchev–Trinajstić information content (AvgIpc) is 3.12. The third-order valence-electron chi connectivity index (χ3n) is 4.68. The number of rotatable bonds is 8. The number of amides is 1. The number of aliphatic carboxylic acids is 1. The highest BCUT2D eigenvalue weighted by molar-refractivity contribution is 8.76. The van der Waals surface area contributed by atoms with Gasteiger partial charge in [0.15, 0.2) is 0 Å². The maximum atomic E-state index is 12.4. The SMILES string of the molecule is N[C@@H](CSSC[C@H](N)C(=O)N1CCN(C2CCCC2)CC1)C(=O)O. The first kappa shape index (κ1) is 19.8. The van der Waals surface area contributed by atoms with E-state index in [-0.39, 0.29) is 5.91 Å². The minimum atomic E-state index is -1.01. The van der Waals surface area contributed by atoms with Crippen LogP contribution in [-0.4, -0.2) is 82.6 Å². The van der Waals surface area contributed by atoms with E-state index in [4.69, 9.17) is 16.6 Å². The fourth-order valence-electron chi connectivity index (χ4n) is 3.20. The standard InChI is InChI=1S/C15H28N4O3S2/c16-12(9-23-24-10-13(17)15(21)22)14(20)19-7-5-18(6-8-19)11-3-1-2-4-11/h11-13H,1-10,16-17H2,(H,21,22)/t12-,13-/m0/s1. The molecule has 0 bridgehead atoms. The molecule has 1 aliphatic heterocycles. The summed E-state index contributed by atoms with van der Waals surface area (Å²) in [5.74, 6) is -0.236. The Labute approximate surface area is 151 Å². The molecule has 2 fully saturated rings. The lowest BCUT2D eigenvalue weighted by molar-refractivity contribution is -0.138. The van der Waals surface area contributed by atoms with E-state index in [2.05, 4.69) is 4.90 Å². The summed E-state index contributed by atoms with van der Waals surface area (Å²) in [6.07, 6.45) is 5.24. The van der Waals surface area contributed by atoms with Gasteiger partial charge in [-0.05, 0) is 12.8 Å². The first-order chi connectivity index (χ1) is 11.5. The Balaban J connectivity index is 1.63. The summed E-state index contributed by atoms with van der Waals surface area (Å²) in [5, 5.41) is 8.71. The van der Waals surface area contributed by atoms with Gasteiger partial charge in [-0.2, -0.15) is 0 Å². The lowest BCUT2D eigenvalue weighted by atomic mass is 10.1. The van der Waals surface area contributed by atoms with Crippen molar-refractivity contribution < 1.29 is 14.7 Å². The monoisotopic (exact) mass is 376 g/mol. The van der Waals surface area contributed by atoms with Crippen molar-refractivity contribution in [1.29, 1.82) is 0 Å². The molecule has 0 aromatic rings. The van der Waals surface area contributed by atoms with Crippen molar-refractivity contribution in [3.05, 3.63) is 0 Å². The summed E-state index contributed by atoms with van der Waals surface area (Å²) in [4.78, 5) is 27.4. The molecule has 1 aliphatic carbocycles. The summed E-state index contributed by atoms with van der Waals surface area (Å²) in [5.41, 5.74) is 11.4. The number of nitrogens with two attached hydrogens (primary N) is 2. The van der Waals surface area contributed by atoms with Gasteiger partial charge in [-0.3, -0.25) is 14.5 Å². The zero-order valence-electron chi connectivity index (χ0n) is 13.9. The molecular weight excluding hydrogens is 348 g/mol. The van der Waals surface area contributed by atoms with Crippen molar-refractivity contribution in [2.75, 3.05) is 37.7 Å². The molecule has 0 radical (unpaired) electrons. The number of carbonyl (C=O) groups is 2. The van der Waals surface area contributed by atoms with E-state index in [0.29, 0.717) is 17.5 Å². The molecule has 1 heterocycles. The third kappa shape index (κ3) is 5.80. The number of nitrogens with zero attached hydrogens (tertiary/aromatic N) is 2. The van der Waals surface area contributed by atoms with Gasteiger partial charge in [-0.15, -0.1) is 0 Å². The summed E-state index contributed by atoms with van der Waals surface area (Å²) >= 11 is 0. The number of carboxylic acid groups (broad SMARTS) is 1. The molecule has 0 unspecified atom stereocenters. The number of carboxylic acids is 1. The number of hydrogen-bond donors (Lipinski definition) is 3. The van der Waals surface area contributed by atoms with Crippen LogP contribution < -0.4 is 11.5 Å². The Bertz CT molecular complexity index is 427. The van der Waals surface area contributed by atoms with Crippen molar-refractivity contribution in [3.63, 3.8) is 0 Å². The molecule has 1 saturated carbocycles. The molecule has 2 rings (SSSR count). The summed E-state index contributed by atoms with van der Waals surface area (Å²) in [7, 11) is 2.76. The number of piperazine rings is 1. The average molecular weight is 377 g/mol. The highest BCUT2D eigenvalue weighted by atomic mass is 33.1. The molecule has 5 N–H and O–H groups in total. The highest BCUT2D eigenvalue weighted by Gasteiger charge is 2.29. The molecule has 24 heavy (non-hydrogen) atoms. The molecular formula is C15H28N4O3S2. The van der Waals surface area contributed by atoms with Gasteiger partial charge in [0, 0.05) is 43.7 Å². The predicted molar refractivity (Wildman–Crippen MR) is 98.9 cm³/mol. The minimum Gasteiger partial charge on any atom is -0.480 e. The molecule has 1 amide bonds. The molecule has 138 valence electrons. The van der Waals surface area contributed by atoms with Crippen molar-refractivity contribution >= 4 is 33.5 Å². The van der Waals surface area contributed by atoms with Crippen LogP contribution in [0.2, 0.25) is 0 Å². The molecule has 2 atom stereocenters. The van der Waals surface area contributed by atoms with E-state index >= 15 is 0 Å². The summed E-state index contributed by atoms with van der Waals surface area (Å²) < 4.78 is 0. The first-order valence-electron chi connectivity index (χ1n) is 8.50. The highest BCUT2D eigenvalue weighted by Crippen LogP contribution is 2.25. The van der Waals surface area contributed by atoms with Crippen LogP contribution in [-0.2, 0) is 9.59 Å². The first-order valence-corrected chi connectivity index (χ1v) is 11.0. The second kappa shape index (κ2) is 9.86. The van der Waals surface area contributed by atoms with Gasteiger partial charge in [-0.1, -0.05) is 34.4 Å². The Morgan fingerprint density at radius 2 is 1.54 bits per heavy atom. The summed E-state index contributed by atoms with van der Waals surface area (Å²) in [6, 6.07) is -0.707. The lowest BCUT2D eigenvalue weighted by Gasteiger charge is -2.38. The molecule has 0 aromatic heterocycles. The zero-order chi connectivity index (χ0) is 17.5. The normalized spacial score (nSPS) is 22.5. The summed E-state index contributed by atoms with van der Waals surface area (Å²) in [6.45, 7) is 3.40. The molecule has 0 aromatic carbocycles. The molecule has 0 spiro atoms. The maximum absolute atomic E-state index is 12.4. The number of hydrogen-bond acceptors (Lipinski definition) is 7. The van der Waals surface area contributed by atoms with Gasteiger partial charge in [0.1, 0.15) is 6.04 Å². The van der Waals surface area contributed by atoms with Crippen LogP contribution in [0.4, 0.5) is 0 Å². The quantitative estimate of drug-likeness (QED) is 0.407. The van der Waals surface area contributed by atoms with E-state index in [9.17, 15) is 9.59 Å². The van der Waals surface area contributed by atoms with Gasteiger partial charge in [-0.25, -0.2) is 0 Å². The van der Waals surface area contributed by atoms with E-state index in [1.807, 2.05) is 4.90 Å². The Morgan fingerprint density at radius 1 is 1.00 bits per heavy atom. The van der Waals surface area contributed by atoms with Crippen LogP contribution >= 0.6 is 21.6 Å². The second-order valence-corrected chi connectivity index (χ2v) is 8.97. The Morgan fingerprint density at radius 3 is 2.08 bits per heavy atom. The third-order valence-corrected chi connectivity index (χ3v) is 7.15. The van der Waals surface area contributed by atoms with Gasteiger partial charge in [0.25, 0.3) is 0 Å². The molecule has 7 nitrogen and oxygen atoms in total. The lowest BCUT2D eigenvalue weighted by Crippen LogP contribution is -2.55. The van der Waals surface area contributed by atoms with E-state index in [1.54, 1.807) is 0 Å². The van der Waals surface area contributed by atoms with Gasteiger partial charge in [0.2, 0.25) is 5.91 Å². The van der Waals surface area contributed by atoms with Gasteiger partial charge in [0.05, 0.1) is 6.04 Å². The maximum Gasteiger partial charge on any atom is 0.321 e. The van der Waals surface area contributed by atoms with Crippen molar-refractivity contribution in [1.82, 2.24) is 9.80 Å². The topological polar surface area (TPSA) is 113 Å². The van der Waals surface area contributed by atoms with Crippen molar-refractivity contribution in [3.8, 4) is 0 Å². The second-order valence-electron chi connectivity index (χ2n) is 6.42. The van der Waals surface area contributed by atoms with Gasteiger partial charge >= 0.3 is 5.97 Å². The van der Waals surface area contributed by atoms with Crippen LogP contribution in [0.3, 0.4) is 0 Å². The predicted octanol–water partition coefficient (Wildman–Crippen LogP) is 0.194. The van der Waals surface area contributed by atoms with Crippen molar-refractivity contribution in [2.24, 2.45) is 11.5 Å².